The number of anilines is 2. The highest BCUT2D eigenvalue weighted by molar-refractivity contribution is 7.91. The van der Waals surface area contributed by atoms with Crippen LogP contribution in [0.15, 0.2) is 29.3 Å². The molecule has 2 aliphatic rings. The summed E-state index contributed by atoms with van der Waals surface area (Å²) in [5, 5.41) is 6.45. The number of hydrogen-bond donors (Lipinski definition) is 2. The Morgan fingerprint density at radius 1 is 1.25 bits per heavy atom. The quantitative estimate of drug-likeness (QED) is 0.481. The van der Waals surface area contributed by atoms with Gasteiger partial charge in [0.15, 0.2) is 9.84 Å². The predicted octanol–water partition coefficient (Wildman–Crippen LogP) is 5.04. The molecule has 2 aromatic heterocycles. The first-order valence-corrected chi connectivity index (χ1v) is 14.1. The first-order valence-electron chi connectivity index (χ1n) is 11.6. The van der Waals surface area contributed by atoms with E-state index in [4.69, 9.17) is 4.74 Å². The monoisotopic (exact) mass is 538 g/mol. The van der Waals surface area contributed by atoms with Crippen molar-refractivity contribution in [3.63, 3.8) is 0 Å². The Bertz CT molecular complexity index is 1420. The summed E-state index contributed by atoms with van der Waals surface area (Å²) in [7, 11) is -3.68. The summed E-state index contributed by atoms with van der Waals surface area (Å²) in [5.41, 5.74) is 2.73. The Labute approximate surface area is 211 Å². The van der Waals surface area contributed by atoms with Gasteiger partial charge in [-0.2, -0.15) is 13.2 Å². The molecule has 0 aliphatic carbocycles. The molecule has 0 unspecified atom stereocenters. The highest BCUT2D eigenvalue weighted by atomic mass is 32.2. The molecule has 0 saturated carbocycles. The van der Waals surface area contributed by atoms with E-state index in [9.17, 15) is 21.6 Å². The maximum atomic E-state index is 13.9. The van der Waals surface area contributed by atoms with Crippen molar-refractivity contribution in [2.75, 3.05) is 24.2 Å². The minimum absolute atomic E-state index is 0.00492. The maximum Gasteiger partial charge on any atom is 0.420 e. The number of ether oxygens (including phenoxy) is 1. The van der Waals surface area contributed by atoms with Crippen molar-refractivity contribution in [1.29, 1.82) is 0 Å². The van der Waals surface area contributed by atoms with Crippen LogP contribution in [0.1, 0.15) is 47.1 Å². The second-order valence-electron chi connectivity index (χ2n) is 8.81. The number of nitrogens with zero attached hydrogens (tertiary/aromatic N) is 2. The number of alkyl halides is 3. The number of fused-ring (bicyclic) bond motifs is 2. The van der Waals surface area contributed by atoms with Gasteiger partial charge >= 0.3 is 6.18 Å². The lowest BCUT2D eigenvalue weighted by molar-refractivity contribution is -0.137. The average Bonchev–Trinajstić information content (AvgIpc) is 3.26. The molecule has 0 bridgehead atoms. The molecule has 0 amide bonds. The van der Waals surface area contributed by atoms with E-state index in [0.717, 1.165) is 54.7 Å². The van der Waals surface area contributed by atoms with E-state index in [-0.39, 0.29) is 33.8 Å². The highest BCUT2D eigenvalue weighted by Crippen LogP contribution is 2.44. The topological polar surface area (TPSA) is 93.2 Å². The van der Waals surface area contributed by atoms with Crippen LogP contribution in [-0.4, -0.2) is 37.3 Å². The lowest BCUT2D eigenvalue weighted by Gasteiger charge is -2.21. The highest BCUT2D eigenvalue weighted by Gasteiger charge is 2.37. The van der Waals surface area contributed by atoms with E-state index in [0.29, 0.717) is 4.88 Å². The summed E-state index contributed by atoms with van der Waals surface area (Å²) in [4.78, 5) is 8.70. The van der Waals surface area contributed by atoms with Crippen molar-refractivity contribution < 1.29 is 26.3 Å². The number of sulfone groups is 1. The predicted molar refractivity (Wildman–Crippen MR) is 131 cm³/mol. The fourth-order valence-electron chi connectivity index (χ4n) is 4.50. The molecule has 1 atom stereocenters. The van der Waals surface area contributed by atoms with Crippen molar-refractivity contribution in [2.24, 2.45) is 0 Å². The average molecular weight is 539 g/mol. The summed E-state index contributed by atoms with van der Waals surface area (Å²) < 4.78 is 72.8. The van der Waals surface area contributed by atoms with Gasteiger partial charge in [0.2, 0.25) is 5.95 Å². The molecule has 3 aromatic rings. The van der Waals surface area contributed by atoms with Crippen LogP contribution in [-0.2, 0) is 40.1 Å². The number of hydrogen-bond acceptors (Lipinski definition) is 8. The van der Waals surface area contributed by atoms with Gasteiger partial charge in [0, 0.05) is 18.4 Å². The molecule has 2 N–H and O–H groups in total. The van der Waals surface area contributed by atoms with Crippen LogP contribution in [0, 0.1) is 0 Å². The van der Waals surface area contributed by atoms with Crippen molar-refractivity contribution in [2.45, 2.75) is 50.4 Å². The fourth-order valence-corrected chi connectivity index (χ4v) is 7.45. The molecule has 12 heteroatoms. The van der Waals surface area contributed by atoms with Crippen LogP contribution >= 0.6 is 11.3 Å². The standard InChI is InChI=1S/C24H25F3N4O3S2/c1-3-14-8-16-11-28-5-4-15(16)9-18(14)30-23-29-12-17(24(25,26)27)21(31-23)19-10-20-22(35-19)13(2)34-6-7-36(20,32)33/h8-10,12-13,28H,3-7,11H2,1-2H3,(H,29,30,31)/t13-/m1/s1. The summed E-state index contributed by atoms with van der Waals surface area (Å²) in [6.45, 7) is 5.36. The van der Waals surface area contributed by atoms with Crippen molar-refractivity contribution >= 4 is 32.8 Å². The first kappa shape index (κ1) is 25.1. The van der Waals surface area contributed by atoms with Crippen molar-refractivity contribution in [3.8, 4) is 10.6 Å². The molecule has 0 radical (unpaired) electrons. The van der Waals surface area contributed by atoms with Gasteiger partial charge in [-0.25, -0.2) is 18.4 Å². The zero-order valence-electron chi connectivity index (χ0n) is 19.7. The molecule has 7 nitrogen and oxygen atoms in total. The Balaban J connectivity index is 1.60. The van der Waals surface area contributed by atoms with Crippen LogP contribution in [0.25, 0.3) is 10.6 Å². The second kappa shape index (κ2) is 9.40. The van der Waals surface area contributed by atoms with E-state index < -0.39 is 27.7 Å². The molecule has 0 spiro atoms. The number of aryl methyl sites for hydroxylation is 1. The van der Waals surface area contributed by atoms with E-state index >= 15 is 0 Å². The zero-order chi connectivity index (χ0) is 25.7. The van der Waals surface area contributed by atoms with Crippen molar-refractivity contribution in [1.82, 2.24) is 15.3 Å². The number of nitrogens with one attached hydrogen (secondary N) is 2. The summed E-state index contributed by atoms with van der Waals surface area (Å²) in [6, 6.07) is 5.39. The maximum absolute atomic E-state index is 13.9. The van der Waals surface area contributed by atoms with Gasteiger partial charge in [-0.1, -0.05) is 13.0 Å². The molecule has 1 aromatic carbocycles. The van der Waals surface area contributed by atoms with Gasteiger partial charge < -0.3 is 15.4 Å². The van der Waals surface area contributed by atoms with Gasteiger partial charge in [-0.15, -0.1) is 11.3 Å². The molecule has 36 heavy (non-hydrogen) atoms. The molecule has 5 rings (SSSR count). The number of benzene rings is 1. The van der Waals surface area contributed by atoms with Gasteiger partial charge in [-0.3, -0.25) is 0 Å². The van der Waals surface area contributed by atoms with Crippen LogP contribution in [0.2, 0.25) is 0 Å². The number of aromatic nitrogens is 2. The van der Waals surface area contributed by atoms with E-state index in [1.807, 2.05) is 13.0 Å². The molecule has 0 saturated heterocycles. The van der Waals surface area contributed by atoms with Gasteiger partial charge in [-0.05, 0) is 55.1 Å². The van der Waals surface area contributed by atoms with Gasteiger partial charge in [0.1, 0.15) is 5.56 Å². The summed E-state index contributed by atoms with van der Waals surface area (Å²) >= 11 is 0.955. The molecular formula is C24H25F3N4O3S2. The SMILES string of the molecule is CCc1cc2c(cc1Nc1ncc(C(F)(F)F)c(-c3cc4c(s3)[C@@H](C)OCCS4(=O)=O)n1)CCNC2. The summed E-state index contributed by atoms with van der Waals surface area (Å²) in [5.74, 6) is -0.214. The Morgan fingerprint density at radius 3 is 2.81 bits per heavy atom. The molecule has 192 valence electrons. The molecule has 0 fully saturated rings. The van der Waals surface area contributed by atoms with Crippen LogP contribution in [0.4, 0.5) is 24.8 Å². The lowest BCUT2D eigenvalue weighted by atomic mass is 9.96. The third kappa shape index (κ3) is 4.74. The number of halogens is 3. The largest absolute Gasteiger partial charge is 0.420 e. The minimum Gasteiger partial charge on any atom is -0.372 e. The smallest absolute Gasteiger partial charge is 0.372 e. The third-order valence-corrected chi connectivity index (χ3v) is 9.56. The third-order valence-electron chi connectivity index (χ3n) is 6.42. The number of rotatable bonds is 4. The van der Waals surface area contributed by atoms with E-state index in [1.165, 1.54) is 17.2 Å². The zero-order valence-corrected chi connectivity index (χ0v) is 21.3. The van der Waals surface area contributed by atoms with Crippen LogP contribution < -0.4 is 10.6 Å². The summed E-state index contributed by atoms with van der Waals surface area (Å²) in [6.07, 6.45) is -2.96. The second-order valence-corrected chi connectivity index (χ2v) is 12.0. The van der Waals surface area contributed by atoms with Crippen LogP contribution in [0.5, 0.6) is 0 Å². The molecular weight excluding hydrogens is 513 g/mol. The first-order chi connectivity index (χ1) is 17.1. The minimum atomic E-state index is -4.72. The Hall–Kier alpha value is -2.54. The Morgan fingerprint density at radius 2 is 2.06 bits per heavy atom. The van der Waals surface area contributed by atoms with Crippen LogP contribution in [0.3, 0.4) is 0 Å². The Kier molecular flexibility index (Phi) is 6.56. The van der Waals surface area contributed by atoms with Gasteiger partial charge in [0.25, 0.3) is 0 Å². The number of thiophene rings is 1. The lowest BCUT2D eigenvalue weighted by Crippen LogP contribution is -2.24. The normalized spacial score (nSPS) is 19.3. The molecule has 4 heterocycles. The van der Waals surface area contributed by atoms with Crippen molar-refractivity contribution in [3.05, 3.63) is 51.5 Å². The fraction of sp³-hybridized carbons (Fsp3) is 0.417. The molecule has 2 aliphatic heterocycles. The van der Waals surface area contributed by atoms with Gasteiger partial charge in [0.05, 0.1) is 38.8 Å². The van der Waals surface area contributed by atoms with E-state index in [2.05, 4.69) is 26.7 Å². The van der Waals surface area contributed by atoms with E-state index in [1.54, 1.807) is 6.92 Å².